The number of amides is 1. The monoisotopic (exact) mass is 996 g/mol. The molecule has 3 unspecified atom stereocenters. The molecule has 0 bridgehead atoms. The van der Waals surface area contributed by atoms with E-state index in [4.69, 9.17) is 0 Å². The maximum Gasteiger partial charge on any atom is 0.249 e. The molecular formula is C66H125NO4. The molecule has 5 heteroatoms. The lowest BCUT2D eigenvalue weighted by Gasteiger charge is -2.21. The molecule has 0 aliphatic carbocycles. The fourth-order valence-electron chi connectivity index (χ4n) is 9.94. The van der Waals surface area contributed by atoms with E-state index in [0.717, 1.165) is 44.9 Å². The number of carbonyl (C=O) groups excluding carboxylic acids is 1. The minimum Gasteiger partial charge on any atom is -0.394 e. The first kappa shape index (κ1) is 69.3. The van der Waals surface area contributed by atoms with E-state index in [-0.39, 0.29) is 6.61 Å². The summed E-state index contributed by atoms with van der Waals surface area (Å²) in [4.78, 5) is 12.6. The average Bonchev–Trinajstić information content (AvgIpc) is 3.38. The van der Waals surface area contributed by atoms with Gasteiger partial charge in [-0.05, 0) is 64.2 Å². The summed E-state index contributed by atoms with van der Waals surface area (Å²) in [6.07, 6.45) is 82.3. The van der Waals surface area contributed by atoms with Gasteiger partial charge in [0.05, 0.1) is 18.8 Å². The molecule has 0 saturated carbocycles. The molecule has 418 valence electrons. The third-order valence-electron chi connectivity index (χ3n) is 14.9. The molecule has 0 aromatic heterocycles. The molecule has 0 fully saturated rings. The molecule has 0 spiro atoms. The van der Waals surface area contributed by atoms with Crippen molar-refractivity contribution in [2.75, 3.05) is 6.61 Å². The number of hydrogen-bond acceptors (Lipinski definition) is 4. The van der Waals surface area contributed by atoms with Crippen LogP contribution in [0.25, 0.3) is 0 Å². The van der Waals surface area contributed by atoms with Crippen molar-refractivity contribution in [3.8, 4) is 0 Å². The number of carbonyl (C=O) groups is 1. The van der Waals surface area contributed by atoms with Crippen molar-refractivity contribution < 1.29 is 20.1 Å². The number of rotatable bonds is 59. The molecule has 0 rings (SSSR count). The number of aliphatic hydroxyl groups excluding tert-OH is 3. The molecule has 3 atom stereocenters. The Bertz CT molecular complexity index is 1150. The topological polar surface area (TPSA) is 89.8 Å². The largest absolute Gasteiger partial charge is 0.394 e. The predicted molar refractivity (Wildman–Crippen MR) is 314 cm³/mol. The van der Waals surface area contributed by atoms with Gasteiger partial charge in [0.1, 0.15) is 6.10 Å². The Morgan fingerprint density at radius 1 is 0.352 bits per heavy atom. The van der Waals surface area contributed by atoms with Gasteiger partial charge in [-0.3, -0.25) is 4.79 Å². The number of aliphatic hydroxyl groups is 3. The van der Waals surface area contributed by atoms with Crippen LogP contribution in [-0.2, 0) is 4.79 Å². The maximum atomic E-state index is 12.6. The highest BCUT2D eigenvalue weighted by molar-refractivity contribution is 5.80. The number of unbranched alkanes of at least 4 members (excludes halogenated alkanes) is 45. The van der Waals surface area contributed by atoms with E-state index in [1.165, 1.54) is 276 Å². The normalized spacial score (nSPS) is 13.5. The summed E-state index contributed by atoms with van der Waals surface area (Å²) >= 11 is 0. The highest BCUT2D eigenvalue weighted by atomic mass is 16.3. The Morgan fingerprint density at radius 3 is 0.944 bits per heavy atom. The number of allylic oxidation sites excluding steroid dienone is 7. The lowest BCUT2D eigenvalue weighted by molar-refractivity contribution is -0.131. The number of nitrogens with one attached hydrogen (secondary N) is 1. The van der Waals surface area contributed by atoms with E-state index in [1.54, 1.807) is 6.08 Å². The summed E-state index contributed by atoms with van der Waals surface area (Å²) in [7, 11) is 0. The average molecular weight is 997 g/mol. The van der Waals surface area contributed by atoms with Crippen molar-refractivity contribution in [2.24, 2.45) is 0 Å². The van der Waals surface area contributed by atoms with Crippen LogP contribution in [0.2, 0.25) is 0 Å². The van der Waals surface area contributed by atoms with Gasteiger partial charge in [-0.1, -0.05) is 326 Å². The zero-order chi connectivity index (χ0) is 51.4. The molecule has 0 saturated heterocycles. The SMILES string of the molecule is CCCCCCCCCCCCC/C=C\C/C=C\CCCCCCCCCCCCCCCCCCC(O)C(=O)NC(CO)C(O)/C=C/CC/C=C/CCCCCCCCCCCCCCCCCCC. The molecule has 0 radical (unpaired) electrons. The maximum absolute atomic E-state index is 12.6. The van der Waals surface area contributed by atoms with Crippen molar-refractivity contribution >= 4 is 5.91 Å². The zero-order valence-electron chi connectivity index (χ0n) is 47.9. The molecule has 4 N–H and O–H groups in total. The standard InChI is InChI=1S/C66H125NO4/c1-3-5-7-9-11-13-15-17-19-21-23-25-27-28-29-30-31-32-33-34-35-36-37-39-41-43-45-47-49-51-53-55-57-59-61-65(70)66(71)67-63(62-68)64(69)60-58-56-54-52-50-48-46-44-42-40-38-26-24-22-20-18-16-14-12-10-8-6-4-2/h27-28,30-31,50,52,58,60,63-65,68-70H,3-26,29,32-49,51,53-57,59,61-62H2,1-2H3,(H,67,71)/b28-27-,31-30-,52-50+,60-58+. The molecular weight excluding hydrogens is 871 g/mol. The summed E-state index contributed by atoms with van der Waals surface area (Å²) < 4.78 is 0. The van der Waals surface area contributed by atoms with E-state index in [2.05, 4.69) is 55.6 Å². The van der Waals surface area contributed by atoms with Crippen LogP contribution in [-0.4, -0.2) is 46.1 Å². The van der Waals surface area contributed by atoms with Crippen molar-refractivity contribution in [3.63, 3.8) is 0 Å². The van der Waals surface area contributed by atoms with Gasteiger partial charge in [-0.15, -0.1) is 0 Å². The van der Waals surface area contributed by atoms with E-state index in [9.17, 15) is 20.1 Å². The van der Waals surface area contributed by atoms with Gasteiger partial charge in [0.15, 0.2) is 0 Å². The van der Waals surface area contributed by atoms with E-state index >= 15 is 0 Å². The second kappa shape index (κ2) is 60.9. The molecule has 0 aliphatic rings. The lowest BCUT2D eigenvalue weighted by atomic mass is 10.0. The zero-order valence-corrected chi connectivity index (χ0v) is 47.9. The van der Waals surface area contributed by atoms with E-state index in [1.807, 2.05) is 6.08 Å². The number of hydrogen-bond donors (Lipinski definition) is 4. The smallest absolute Gasteiger partial charge is 0.249 e. The molecule has 5 nitrogen and oxygen atoms in total. The van der Waals surface area contributed by atoms with Crippen LogP contribution in [0.15, 0.2) is 48.6 Å². The van der Waals surface area contributed by atoms with Crippen LogP contribution in [0, 0.1) is 0 Å². The van der Waals surface area contributed by atoms with Gasteiger partial charge >= 0.3 is 0 Å². The van der Waals surface area contributed by atoms with Crippen LogP contribution >= 0.6 is 0 Å². The van der Waals surface area contributed by atoms with Crippen LogP contribution < -0.4 is 5.32 Å². The summed E-state index contributed by atoms with van der Waals surface area (Å²) in [5, 5.41) is 33.4. The Hall–Kier alpha value is -1.69. The van der Waals surface area contributed by atoms with Crippen LogP contribution in [0.1, 0.15) is 341 Å². The van der Waals surface area contributed by atoms with Gasteiger partial charge in [0.2, 0.25) is 5.91 Å². The van der Waals surface area contributed by atoms with E-state index < -0.39 is 24.2 Å². The molecule has 0 aromatic rings. The minimum absolute atomic E-state index is 0.375. The Kier molecular flexibility index (Phi) is 59.4. The Balaban J connectivity index is 3.55. The predicted octanol–water partition coefficient (Wildman–Crippen LogP) is 20.3. The van der Waals surface area contributed by atoms with Crippen molar-refractivity contribution in [1.29, 1.82) is 0 Å². The minimum atomic E-state index is -1.11. The quantitative estimate of drug-likeness (QED) is 0.0361. The highest BCUT2D eigenvalue weighted by Gasteiger charge is 2.22. The van der Waals surface area contributed by atoms with E-state index in [0.29, 0.717) is 6.42 Å². The van der Waals surface area contributed by atoms with Gasteiger partial charge < -0.3 is 20.6 Å². The first-order valence-corrected chi connectivity index (χ1v) is 32.0. The summed E-state index contributed by atoms with van der Waals surface area (Å²) in [6.45, 7) is 4.21. The lowest BCUT2D eigenvalue weighted by Crippen LogP contribution is -2.48. The molecule has 0 aliphatic heterocycles. The van der Waals surface area contributed by atoms with Gasteiger partial charge in [0.25, 0.3) is 0 Å². The first-order chi connectivity index (χ1) is 35.1. The molecule has 1 amide bonds. The second-order valence-corrected chi connectivity index (χ2v) is 22.0. The molecule has 0 heterocycles. The van der Waals surface area contributed by atoms with Crippen molar-refractivity contribution in [2.45, 2.75) is 360 Å². The molecule has 0 aromatic carbocycles. The summed E-state index contributed by atoms with van der Waals surface area (Å²) in [5.74, 6) is -0.509. The molecule has 71 heavy (non-hydrogen) atoms. The third-order valence-corrected chi connectivity index (χ3v) is 14.9. The first-order valence-electron chi connectivity index (χ1n) is 32.0. The van der Waals surface area contributed by atoms with Crippen molar-refractivity contribution in [1.82, 2.24) is 5.32 Å². The highest BCUT2D eigenvalue weighted by Crippen LogP contribution is 2.18. The van der Waals surface area contributed by atoms with Crippen LogP contribution in [0.4, 0.5) is 0 Å². The fourth-order valence-corrected chi connectivity index (χ4v) is 9.94. The van der Waals surface area contributed by atoms with Gasteiger partial charge in [-0.25, -0.2) is 0 Å². The van der Waals surface area contributed by atoms with Crippen molar-refractivity contribution in [3.05, 3.63) is 48.6 Å². The second-order valence-electron chi connectivity index (χ2n) is 22.0. The summed E-state index contributed by atoms with van der Waals surface area (Å²) in [6, 6.07) is -0.817. The third kappa shape index (κ3) is 55.9. The van der Waals surface area contributed by atoms with Crippen LogP contribution in [0.5, 0.6) is 0 Å². The van der Waals surface area contributed by atoms with Crippen LogP contribution in [0.3, 0.4) is 0 Å². The summed E-state index contributed by atoms with van der Waals surface area (Å²) in [5.41, 5.74) is 0. The van der Waals surface area contributed by atoms with Gasteiger partial charge in [0, 0.05) is 0 Å². The fraction of sp³-hybridized carbons (Fsp3) is 0.864. The Morgan fingerprint density at radius 2 is 0.620 bits per heavy atom. The van der Waals surface area contributed by atoms with Gasteiger partial charge in [-0.2, -0.15) is 0 Å². The Labute approximate surface area is 444 Å².